The molecule has 2 aliphatic heterocycles. The molecule has 3 heterocycles. The van der Waals surface area contributed by atoms with E-state index in [1.807, 2.05) is 36.7 Å². The summed E-state index contributed by atoms with van der Waals surface area (Å²) in [7, 11) is 1.68. The second-order valence-corrected chi connectivity index (χ2v) is 8.66. The number of hydrogen-bond acceptors (Lipinski definition) is 4. The molecule has 3 aromatic rings. The molecule has 3 atom stereocenters. The number of ether oxygens (including phenoxy) is 1. The highest BCUT2D eigenvalue weighted by Gasteiger charge is 2.43. The molecule has 2 aromatic carbocycles. The van der Waals surface area contributed by atoms with Crippen LogP contribution in [0.2, 0.25) is 0 Å². The van der Waals surface area contributed by atoms with Gasteiger partial charge in [-0.3, -0.25) is 9.88 Å². The van der Waals surface area contributed by atoms with Crippen LogP contribution in [0.4, 0.5) is 5.69 Å². The molecule has 1 N–H and O–H groups in total. The number of rotatable bonds is 4. The largest absolute Gasteiger partial charge is 0.497 e. The van der Waals surface area contributed by atoms with Crippen LogP contribution in [0.25, 0.3) is 0 Å². The molecule has 4 heteroatoms. The Balaban J connectivity index is 1.45. The van der Waals surface area contributed by atoms with E-state index in [0.717, 1.165) is 36.4 Å². The normalized spacial score (nSPS) is 21.6. The molecule has 2 aliphatic rings. The van der Waals surface area contributed by atoms with Crippen LogP contribution in [-0.2, 0) is 6.54 Å². The number of methoxy groups -OCH3 is 1. The van der Waals surface area contributed by atoms with E-state index in [0.29, 0.717) is 18.0 Å². The van der Waals surface area contributed by atoms with Gasteiger partial charge in [-0.15, -0.1) is 0 Å². The molecule has 0 amide bonds. The highest BCUT2D eigenvalue weighted by atomic mass is 16.5. The Morgan fingerprint density at radius 2 is 1.78 bits per heavy atom. The topological polar surface area (TPSA) is 37.4 Å². The first-order valence-corrected chi connectivity index (χ1v) is 11.4. The predicted octanol–water partition coefficient (Wildman–Crippen LogP) is 5.26. The molecule has 162 valence electrons. The van der Waals surface area contributed by atoms with E-state index in [9.17, 15) is 0 Å². The molecule has 0 saturated carbocycles. The van der Waals surface area contributed by atoms with Crippen molar-refractivity contribution in [2.75, 3.05) is 19.0 Å². The molecule has 0 spiro atoms. The highest BCUT2D eigenvalue weighted by molar-refractivity contribution is 5.60. The summed E-state index contributed by atoms with van der Waals surface area (Å²) < 4.78 is 5.24. The monoisotopic (exact) mass is 423 g/mol. The summed E-state index contributed by atoms with van der Waals surface area (Å²) in [5, 5.41) is 3.82. The molecular weight excluding hydrogens is 394 g/mol. The number of likely N-dealkylation sites (tertiary alicyclic amines) is 1. The lowest BCUT2D eigenvalue weighted by atomic mass is 9.81. The van der Waals surface area contributed by atoms with E-state index in [4.69, 9.17) is 4.74 Å². The fourth-order valence-corrected chi connectivity index (χ4v) is 5.18. The lowest BCUT2D eigenvalue weighted by molar-refractivity contribution is 0.203. The third-order valence-electron chi connectivity index (χ3n) is 6.79. The third-order valence-corrected chi connectivity index (χ3v) is 6.79. The lowest BCUT2D eigenvalue weighted by Gasteiger charge is -2.40. The average Bonchev–Trinajstić information content (AvgIpc) is 3.27. The Morgan fingerprint density at radius 3 is 2.53 bits per heavy atom. The van der Waals surface area contributed by atoms with Gasteiger partial charge in [-0.05, 0) is 85.1 Å². The molecule has 0 unspecified atom stereocenters. The van der Waals surface area contributed by atoms with Crippen LogP contribution in [0.3, 0.4) is 0 Å². The first-order chi connectivity index (χ1) is 15.7. The third kappa shape index (κ3) is 4.09. The fraction of sp³-hybridized carbons (Fsp3) is 0.321. The number of benzene rings is 2. The summed E-state index contributed by atoms with van der Waals surface area (Å²) >= 11 is 0. The molecular formula is C28H29N3O. The number of nitrogens with zero attached hydrogens (tertiary/aromatic N) is 2. The van der Waals surface area contributed by atoms with Crippen molar-refractivity contribution < 1.29 is 4.74 Å². The van der Waals surface area contributed by atoms with Crippen molar-refractivity contribution >= 4 is 5.69 Å². The SMILES string of the molecule is CC[C@H]1Nc2ccc(C#Cc3ccc(OC)cc3)cc2[C@H]2[C@@H]1CCN2Cc1ccncc1. The summed E-state index contributed by atoms with van der Waals surface area (Å²) in [5.41, 5.74) is 6.02. The minimum absolute atomic E-state index is 0.423. The number of hydrogen-bond donors (Lipinski definition) is 1. The zero-order valence-corrected chi connectivity index (χ0v) is 18.7. The van der Waals surface area contributed by atoms with Gasteiger partial charge >= 0.3 is 0 Å². The summed E-state index contributed by atoms with van der Waals surface area (Å²) in [6.07, 6.45) is 6.15. The van der Waals surface area contributed by atoms with Crippen molar-refractivity contribution in [2.45, 2.75) is 38.4 Å². The van der Waals surface area contributed by atoms with Crippen molar-refractivity contribution in [1.82, 2.24) is 9.88 Å². The van der Waals surface area contributed by atoms with Gasteiger partial charge in [-0.2, -0.15) is 0 Å². The summed E-state index contributed by atoms with van der Waals surface area (Å²) in [4.78, 5) is 6.82. The molecule has 4 nitrogen and oxygen atoms in total. The number of fused-ring (bicyclic) bond motifs is 3. The highest BCUT2D eigenvalue weighted by Crippen LogP contribution is 2.47. The molecule has 32 heavy (non-hydrogen) atoms. The van der Waals surface area contributed by atoms with Gasteiger partial charge in [0.15, 0.2) is 0 Å². The first kappa shape index (κ1) is 20.6. The van der Waals surface area contributed by atoms with E-state index >= 15 is 0 Å². The molecule has 1 saturated heterocycles. The van der Waals surface area contributed by atoms with Crippen molar-refractivity contribution in [3.63, 3.8) is 0 Å². The second kappa shape index (κ2) is 9.06. The van der Waals surface area contributed by atoms with Gasteiger partial charge in [0, 0.05) is 53.8 Å². The summed E-state index contributed by atoms with van der Waals surface area (Å²) in [5.74, 6) is 8.15. The zero-order chi connectivity index (χ0) is 21.9. The number of aromatic nitrogens is 1. The summed E-state index contributed by atoms with van der Waals surface area (Å²) in [6, 6.07) is 19.8. The maximum absolute atomic E-state index is 5.24. The maximum Gasteiger partial charge on any atom is 0.118 e. The van der Waals surface area contributed by atoms with Crippen LogP contribution in [0.5, 0.6) is 5.75 Å². The van der Waals surface area contributed by atoms with Crippen LogP contribution in [0, 0.1) is 17.8 Å². The van der Waals surface area contributed by atoms with Gasteiger partial charge in [-0.1, -0.05) is 18.8 Å². The van der Waals surface area contributed by atoms with Gasteiger partial charge in [0.2, 0.25) is 0 Å². The van der Waals surface area contributed by atoms with Gasteiger partial charge in [-0.25, -0.2) is 0 Å². The summed E-state index contributed by atoms with van der Waals surface area (Å²) in [6.45, 7) is 4.37. The van der Waals surface area contributed by atoms with Gasteiger partial charge in [0.25, 0.3) is 0 Å². The lowest BCUT2D eigenvalue weighted by Crippen LogP contribution is -2.38. The predicted molar refractivity (Wildman–Crippen MR) is 129 cm³/mol. The quantitative estimate of drug-likeness (QED) is 0.581. The van der Waals surface area contributed by atoms with E-state index in [1.165, 1.54) is 23.2 Å². The fourth-order valence-electron chi connectivity index (χ4n) is 5.18. The Morgan fingerprint density at radius 1 is 1.03 bits per heavy atom. The Kier molecular flexibility index (Phi) is 5.83. The van der Waals surface area contributed by atoms with Crippen LogP contribution >= 0.6 is 0 Å². The van der Waals surface area contributed by atoms with Crippen molar-refractivity contribution in [3.05, 3.63) is 89.2 Å². The number of nitrogens with one attached hydrogen (secondary N) is 1. The molecule has 0 bridgehead atoms. The number of anilines is 1. The molecule has 1 aromatic heterocycles. The molecule has 1 fully saturated rings. The number of pyridine rings is 1. The van der Waals surface area contributed by atoms with Gasteiger partial charge in [0.05, 0.1) is 7.11 Å². The maximum atomic E-state index is 5.24. The Labute approximate surface area is 190 Å². The van der Waals surface area contributed by atoms with E-state index < -0.39 is 0 Å². The van der Waals surface area contributed by atoms with Gasteiger partial charge in [0.1, 0.15) is 5.75 Å². The van der Waals surface area contributed by atoms with E-state index in [-0.39, 0.29) is 0 Å². The molecule has 5 rings (SSSR count). The zero-order valence-electron chi connectivity index (χ0n) is 18.7. The van der Waals surface area contributed by atoms with Crippen LogP contribution < -0.4 is 10.1 Å². The van der Waals surface area contributed by atoms with Crippen LogP contribution in [0.15, 0.2) is 67.0 Å². The Bertz CT molecular complexity index is 1130. The van der Waals surface area contributed by atoms with Gasteiger partial charge < -0.3 is 10.1 Å². The van der Waals surface area contributed by atoms with E-state index in [2.05, 4.69) is 64.3 Å². The van der Waals surface area contributed by atoms with Crippen molar-refractivity contribution in [1.29, 1.82) is 0 Å². The first-order valence-electron chi connectivity index (χ1n) is 11.4. The van der Waals surface area contributed by atoms with Crippen molar-refractivity contribution in [3.8, 4) is 17.6 Å². The van der Waals surface area contributed by atoms with E-state index in [1.54, 1.807) is 7.11 Å². The minimum Gasteiger partial charge on any atom is -0.497 e. The minimum atomic E-state index is 0.423. The van der Waals surface area contributed by atoms with Crippen molar-refractivity contribution in [2.24, 2.45) is 5.92 Å². The molecule has 0 radical (unpaired) electrons. The Hall–Kier alpha value is -3.29. The second-order valence-electron chi connectivity index (χ2n) is 8.66. The van der Waals surface area contributed by atoms with Crippen LogP contribution in [-0.4, -0.2) is 29.6 Å². The molecule has 0 aliphatic carbocycles. The smallest absolute Gasteiger partial charge is 0.118 e. The van der Waals surface area contributed by atoms with Crippen LogP contribution in [0.1, 0.15) is 48.1 Å². The standard InChI is InChI=1S/C28H29N3O/c1-3-26-24-14-17-31(19-22-12-15-29-16-13-22)28(24)25-18-21(8-11-27(25)30-26)5-4-20-6-9-23(32-2)10-7-20/h6-13,15-16,18,24,26,28,30H,3,14,17,19H2,1-2H3/t24-,26-,28-/m1/s1. The average molecular weight is 424 g/mol.